The van der Waals surface area contributed by atoms with Crippen LogP contribution in [0.2, 0.25) is 0 Å². The molecule has 0 radical (unpaired) electrons. The minimum Gasteiger partial charge on any atom is -0.406 e. The molecule has 1 saturated carbocycles. The van der Waals surface area contributed by atoms with Gasteiger partial charge in [-0.2, -0.15) is 0 Å². The summed E-state index contributed by atoms with van der Waals surface area (Å²) in [6.45, 7) is 6.56. The Hall–Kier alpha value is -2.49. The first-order chi connectivity index (χ1) is 17.1. The lowest BCUT2D eigenvalue weighted by atomic mass is 9.89. The van der Waals surface area contributed by atoms with E-state index in [0.717, 1.165) is 12.8 Å². The Balaban J connectivity index is 1.59. The van der Waals surface area contributed by atoms with Crippen molar-refractivity contribution in [3.05, 3.63) is 24.3 Å². The topological polar surface area (TPSA) is 79.9 Å². The first-order valence-corrected chi connectivity index (χ1v) is 12.9. The van der Waals surface area contributed by atoms with E-state index in [9.17, 15) is 22.8 Å². The summed E-state index contributed by atoms with van der Waals surface area (Å²) >= 11 is 0. The predicted molar refractivity (Wildman–Crippen MR) is 130 cm³/mol. The summed E-state index contributed by atoms with van der Waals surface area (Å²) in [4.78, 5) is 28.1. The number of hydrogen-bond acceptors (Lipinski definition) is 5. The summed E-state index contributed by atoms with van der Waals surface area (Å²) in [5, 5.41) is 6.33. The number of carbonyl (C=O) groups excluding carboxylic acids is 2. The molecule has 2 aliphatic rings. The number of hydrogen-bond donors (Lipinski definition) is 2. The normalized spacial score (nSPS) is 18.7. The first kappa shape index (κ1) is 28.1. The Bertz CT molecular complexity index is 836. The van der Waals surface area contributed by atoms with Crippen molar-refractivity contribution in [2.24, 2.45) is 17.8 Å². The van der Waals surface area contributed by atoms with E-state index in [2.05, 4.69) is 15.4 Å². The lowest BCUT2D eigenvalue weighted by molar-refractivity contribution is -0.274. The molecule has 36 heavy (non-hydrogen) atoms. The minimum atomic E-state index is -4.74. The molecule has 0 spiro atoms. The van der Waals surface area contributed by atoms with Gasteiger partial charge in [0, 0.05) is 43.7 Å². The maximum Gasteiger partial charge on any atom is 0.573 e. The molecule has 1 aromatic rings. The molecule has 3 rings (SSSR count). The average molecular weight is 514 g/mol. The Labute approximate surface area is 211 Å². The van der Waals surface area contributed by atoms with Gasteiger partial charge < -0.3 is 25.0 Å². The molecule has 202 valence electrons. The minimum absolute atomic E-state index is 0.00293. The quantitative estimate of drug-likeness (QED) is 0.453. The summed E-state index contributed by atoms with van der Waals surface area (Å²) in [5.41, 5.74) is 0.620. The number of morpholine rings is 1. The lowest BCUT2D eigenvalue weighted by Crippen LogP contribution is -2.47. The Morgan fingerprint density at radius 3 is 2.33 bits per heavy atom. The summed E-state index contributed by atoms with van der Waals surface area (Å²) in [7, 11) is 0. The molecule has 1 aliphatic heterocycles. The van der Waals surface area contributed by atoms with Crippen molar-refractivity contribution in [2.45, 2.75) is 64.8 Å². The van der Waals surface area contributed by atoms with Crippen LogP contribution in [-0.2, 0) is 14.3 Å². The lowest BCUT2D eigenvalue weighted by Gasteiger charge is -2.30. The van der Waals surface area contributed by atoms with Crippen LogP contribution in [0.15, 0.2) is 24.3 Å². The maximum atomic E-state index is 13.4. The van der Waals surface area contributed by atoms with E-state index < -0.39 is 6.36 Å². The van der Waals surface area contributed by atoms with E-state index in [4.69, 9.17) is 4.74 Å². The number of rotatable bonds is 11. The molecule has 2 unspecified atom stereocenters. The molecule has 2 fully saturated rings. The van der Waals surface area contributed by atoms with Gasteiger partial charge in [-0.1, -0.05) is 39.5 Å². The van der Waals surface area contributed by atoms with Crippen LogP contribution < -0.4 is 15.4 Å². The SMILES string of the molecule is CC(C)C(CNc1ccc(OC(F)(F)F)cc1)NC(=O)C(CC(=O)N1CCOCC1)CC1CCCC1. The number of halogens is 3. The van der Waals surface area contributed by atoms with E-state index in [-0.39, 0.29) is 41.9 Å². The van der Waals surface area contributed by atoms with Gasteiger partial charge in [0.15, 0.2) is 0 Å². The van der Waals surface area contributed by atoms with E-state index >= 15 is 0 Å². The van der Waals surface area contributed by atoms with Crippen LogP contribution in [0.1, 0.15) is 52.4 Å². The van der Waals surface area contributed by atoms with Crippen molar-refractivity contribution in [1.82, 2.24) is 10.2 Å². The molecule has 1 saturated heterocycles. The van der Waals surface area contributed by atoms with Crippen LogP contribution in [-0.4, -0.2) is 62.0 Å². The van der Waals surface area contributed by atoms with Crippen molar-refractivity contribution < 1.29 is 32.2 Å². The van der Waals surface area contributed by atoms with Crippen molar-refractivity contribution in [2.75, 3.05) is 38.2 Å². The molecular formula is C26H38F3N3O4. The number of alkyl halides is 3. The van der Waals surface area contributed by atoms with Crippen LogP contribution >= 0.6 is 0 Å². The highest BCUT2D eigenvalue weighted by Gasteiger charge is 2.32. The second-order valence-corrected chi connectivity index (χ2v) is 10.1. The number of nitrogens with one attached hydrogen (secondary N) is 2. The van der Waals surface area contributed by atoms with Gasteiger partial charge in [-0.05, 0) is 42.5 Å². The van der Waals surface area contributed by atoms with Gasteiger partial charge in [0.05, 0.1) is 13.2 Å². The Morgan fingerprint density at radius 2 is 1.75 bits per heavy atom. The molecule has 0 aromatic heterocycles. The number of benzene rings is 1. The van der Waals surface area contributed by atoms with E-state index in [0.29, 0.717) is 50.9 Å². The standard InChI is InChI=1S/C26H38F3N3O4/c1-18(2)23(17-30-21-7-9-22(10-8-21)36-26(27,28)29)31-25(34)20(15-19-5-3-4-6-19)16-24(33)32-11-13-35-14-12-32/h7-10,18-20,23,30H,3-6,11-17H2,1-2H3,(H,31,34). The Morgan fingerprint density at radius 1 is 1.11 bits per heavy atom. The van der Waals surface area contributed by atoms with Gasteiger partial charge in [0.25, 0.3) is 0 Å². The van der Waals surface area contributed by atoms with Crippen LogP contribution in [0.4, 0.5) is 18.9 Å². The molecule has 0 bridgehead atoms. The zero-order valence-corrected chi connectivity index (χ0v) is 21.1. The van der Waals surface area contributed by atoms with Crippen molar-refractivity contribution in [3.63, 3.8) is 0 Å². The van der Waals surface area contributed by atoms with Crippen molar-refractivity contribution in [3.8, 4) is 5.75 Å². The van der Waals surface area contributed by atoms with Gasteiger partial charge in [0.2, 0.25) is 11.8 Å². The Kier molecular flexibility index (Phi) is 10.3. The second kappa shape index (κ2) is 13.2. The van der Waals surface area contributed by atoms with Crippen LogP contribution in [0.5, 0.6) is 5.75 Å². The number of nitrogens with zero attached hydrogens (tertiary/aromatic N) is 1. The van der Waals surface area contributed by atoms with Crippen molar-refractivity contribution in [1.29, 1.82) is 0 Å². The second-order valence-electron chi connectivity index (χ2n) is 10.1. The third-order valence-electron chi connectivity index (χ3n) is 6.99. The number of anilines is 1. The number of ether oxygens (including phenoxy) is 2. The summed E-state index contributed by atoms with van der Waals surface area (Å²) in [6.07, 6.45) is 0.698. The fourth-order valence-electron chi connectivity index (χ4n) is 4.84. The van der Waals surface area contributed by atoms with Crippen LogP contribution in [0.3, 0.4) is 0 Å². The molecule has 1 aromatic carbocycles. The third-order valence-corrected chi connectivity index (χ3v) is 6.99. The molecule has 7 nitrogen and oxygen atoms in total. The van der Waals surface area contributed by atoms with Gasteiger partial charge in [-0.15, -0.1) is 13.2 Å². The molecule has 10 heteroatoms. The zero-order chi connectivity index (χ0) is 26.1. The van der Waals surface area contributed by atoms with Gasteiger partial charge >= 0.3 is 6.36 Å². The maximum absolute atomic E-state index is 13.4. The average Bonchev–Trinajstić information content (AvgIpc) is 3.34. The zero-order valence-electron chi connectivity index (χ0n) is 21.1. The first-order valence-electron chi connectivity index (χ1n) is 12.9. The van der Waals surface area contributed by atoms with E-state index in [1.165, 1.54) is 37.1 Å². The number of carbonyl (C=O) groups is 2. The smallest absolute Gasteiger partial charge is 0.406 e. The highest BCUT2D eigenvalue weighted by molar-refractivity contribution is 5.86. The van der Waals surface area contributed by atoms with Crippen LogP contribution in [0, 0.1) is 17.8 Å². The monoisotopic (exact) mass is 513 g/mol. The highest BCUT2D eigenvalue weighted by atomic mass is 19.4. The molecule has 2 amide bonds. The molecule has 1 heterocycles. The summed E-state index contributed by atoms with van der Waals surface area (Å²) < 4.78 is 46.4. The van der Waals surface area contributed by atoms with Gasteiger partial charge in [-0.3, -0.25) is 9.59 Å². The molecular weight excluding hydrogens is 475 g/mol. The fourth-order valence-corrected chi connectivity index (χ4v) is 4.84. The fraction of sp³-hybridized carbons (Fsp3) is 0.692. The predicted octanol–water partition coefficient (Wildman–Crippen LogP) is 4.58. The molecule has 2 N–H and O–H groups in total. The van der Waals surface area contributed by atoms with E-state index in [1.807, 2.05) is 13.8 Å². The van der Waals surface area contributed by atoms with Gasteiger partial charge in [0.1, 0.15) is 5.75 Å². The molecule has 2 atom stereocenters. The summed E-state index contributed by atoms with van der Waals surface area (Å²) in [6, 6.07) is 5.28. The highest BCUT2D eigenvalue weighted by Crippen LogP contribution is 2.32. The van der Waals surface area contributed by atoms with Crippen LogP contribution in [0.25, 0.3) is 0 Å². The largest absolute Gasteiger partial charge is 0.573 e. The van der Waals surface area contributed by atoms with E-state index in [1.54, 1.807) is 4.90 Å². The number of amides is 2. The summed E-state index contributed by atoms with van der Waals surface area (Å²) in [5.74, 6) is -0.220. The van der Waals surface area contributed by atoms with Gasteiger partial charge in [-0.25, -0.2) is 0 Å². The van der Waals surface area contributed by atoms with Crippen molar-refractivity contribution >= 4 is 17.5 Å². The molecule has 1 aliphatic carbocycles. The third kappa shape index (κ3) is 9.19.